The average Bonchev–Trinajstić information content (AvgIpc) is 2.68. The van der Waals surface area contributed by atoms with Gasteiger partial charge in [0, 0.05) is 19.3 Å². The third-order valence-corrected chi connectivity index (χ3v) is 4.75. The van der Waals surface area contributed by atoms with Gasteiger partial charge in [-0.05, 0) is 37.0 Å². The Morgan fingerprint density at radius 1 is 1.27 bits per heavy atom. The van der Waals surface area contributed by atoms with E-state index in [1.165, 1.54) is 0 Å². The van der Waals surface area contributed by atoms with Gasteiger partial charge in [-0.2, -0.15) is 0 Å². The van der Waals surface area contributed by atoms with Crippen molar-refractivity contribution in [2.45, 2.75) is 38.5 Å². The Morgan fingerprint density at radius 2 is 2.08 bits per heavy atom. The molecular formula is C20H23ClN2O3. The van der Waals surface area contributed by atoms with E-state index in [4.69, 9.17) is 21.1 Å². The van der Waals surface area contributed by atoms with Crippen LogP contribution in [0.2, 0.25) is 5.15 Å². The number of hydrogen-bond acceptors (Lipinski definition) is 4. The number of likely N-dealkylation sites (tertiary alicyclic amines) is 1. The minimum atomic E-state index is -0.316. The molecule has 0 aliphatic carbocycles. The maximum atomic E-state index is 12.7. The Morgan fingerprint density at radius 3 is 2.77 bits per heavy atom. The third-order valence-electron chi connectivity index (χ3n) is 4.53. The van der Waals surface area contributed by atoms with E-state index in [1.807, 2.05) is 43.3 Å². The molecule has 1 fully saturated rings. The number of hydrogen-bond donors (Lipinski definition) is 0. The largest absolute Gasteiger partial charge is 0.445 e. The Balaban J connectivity index is 1.72. The second-order valence-electron chi connectivity index (χ2n) is 6.27. The summed E-state index contributed by atoms with van der Waals surface area (Å²) in [5.41, 5.74) is 1.91. The zero-order valence-electron chi connectivity index (χ0n) is 14.8. The highest BCUT2D eigenvalue weighted by molar-refractivity contribution is 6.29. The van der Waals surface area contributed by atoms with Gasteiger partial charge in [0.05, 0.1) is 12.1 Å². The van der Waals surface area contributed by atoms with E-state index < -0.39 is 0 Å². The van der Waals surface area contributed by atoms with Gasteiger partial charge in [0.25, 0.3) is 0 Å². The first-order chi connectivity index (χ1) is 12.7. The van der Waals surface area contributed by atoms with Crippen molar-refractivity contribution in [3.8, 4) is 0 Å². The first-order valence-corrected chi connectivity index (χ1v) is 9.25. The van der Waals surface area contributed by atoms with Gasteiger partial charge in [-0.1, -0.05) is 48.0 Å². The molecule has 1 aromatic carbocycles. The van der Waals surface area contributed by atoms with Gasteiger partial charge in [0.15, 0.2) is 0 Å². The molecule has 2 aromatic rings. The lowest BCUT2D eigenvalue weighted by molar-refractivity contribution is -0.0126. The van der Waals surface area contributed by atoms with Gasteiger partial charge in [-0.25, -0.2) is 9.78 Å². The van der Waals surface area contributed by atoms with Gasteiger partial charge in [0.2, 0.25) is 0 Å². The average molecular weight is 375 g/mol. The molecule has 5 nitrogen and oxygen atoms in total. The van der Waals surface area contributed by atoms with Crippen molar-refractivity contribution >= 4 is 17.7 Å². The van der Waals surface area contributed by atoms with Crippen molar-refractivity contribution in [3.05, 3.63) is 64.9 Å². The Hall–Kier alpha value is -2.11. The molecule has 6 heteroatoms. The zero-order valence-corrected chi connectivity index (χ0v) is 15.6. The number of piperidine rings is 1. The number of aromatic nitrogens is 1. The van der Waals surface area contributed by atoms with E-state index in [0.717, 1.165) is 24.0 Å². The van der Waals surface area contributed by atoms with Gasteiger partial charge >= 0.3 is 6.09 Å². The quantitative estimate of drug-likeness (QED) is 0.717. The van der Waals surface area contributed by atoms with Crippen LogP contribution < -0.4 is 0 Å². The minimum Gasteiger partial charge on any atom is -0.445 e. The fourth-order valence-corrected chi connectivity index (χ4v) is 3.35. The fourth-order valence-electron chi connectivity index (χ4n) is 3.24. The molecule has 1 amide bonds. The molecule has 1 saturated heterocycles. The van der Waals surface area contributed by atoms with E-state index in [9.17, 15) is 4.79 Å². The molecule has 0 N–H and O–H groups in total. The topological polar surface area (TPSA) is 51.7 Å². The van der Waals surface area contributed by atoms with Gasteiger partial charge in [0.1, 0.15) is 11.8 Å². The summed E-state index contributed by atoms with van der Waals surface area (Å²) in [5.74, 6) is 0. The summed E-state index contributed by atoms with van der Waals surface area (Å²) >= 11 is 5.90. The number of amides is 1. The molecule has 138 valence electrons. The lowest BCUT2D eigenvalue weighted by Crippen LogP contribution is -2.43. The number of halogens is 1. The van der Waals surface area contributed by atoms with Crippen LogP contribution in [-0.2, 0) is 16.1 Å². The molecule has 0 spiro atoms. The Bertz CT molecular complexity index is 709. The van der Waals surface area contributed by atoms with Crippen molar-refractivity contribution in [2.75, 3.05) is 13.2 Å². The number of pyridine rings is 1. The lowest BCUT2D eigenvalue weighted by Gasteiger charge is -2.38. The van der Waals surface area contributed by atoms with Crippen LogP contribution in [0.4, 0.5) is 4.79 Å². The molecule has 2 atom stereocenters. The fraction of sp³-hybridized carbons (Fsp3) is 0.400. The Labute approximate surface area is 158 Å². The summed E-state index contributed by atoms with van der Waals surface area (Å²) in [6.45, 7) is 3.50. The predicted molar refractivity (Wildman–Crippen MR) is 100.0 cm³/mol. The summed E-state index contributed by atoms with van der Waals surface area (Å²) in [6.07, 6.45) is 3.05. The van der Waals surface area contributed by atoms with Crippen LogP contribution in [0.5, 0.6) is 0 Å². The minimum absolute atomic E-state index is 0.124. The van der Waals surface area contributed by atoms with Crippen molar-refractivity contribution in [3.63, 3.8) is 0 Å². The molecule has 0 bridgehead atoms. The number of nitrogens with zero attached hydrogens (tertiary/aromatic N) is 2. The summed E-state index contributed by atoms with van der Waals surface area (Å²) < 4.78 is 11.3. The van der Waals surface area contributed by atoms with Crippen molar-refractivity contribution in [2.24, 2.45) is 0 Å². The molecule has 0 unspecified atom stereocenters. The summed E-state index contributed by atoms with van der Waals surface area (Å²) in [4.78, 5) is 18.6. The number of carbonyl (C=O) groups excluding carboxylic acids is 1. The second-order valence-corrected chi connectivity index (χ2v) is 6.65. The number of rotatable bonds is 5. The summed E-state index contributed by atoms with van der Waals surface area (Å²) in [6, 6.07) is 13.2. The summed E-state index contributed by atoms with van der Waals surface area (Å²) in [7, 11) is 0. The molecule has 3 rings (SSSR count). The van der Waals surface area contributed by atoms with Crippen LogP contribution in [0.1, 0.15) is 36.9 Å². The monoisotopic (exact) mass is 374 g/mol. The molecule has 1 aliphatic rings. The Kier molecular flexibility index (Phi) is 6.47. The number of ether oxygens (including phenoxy) is 2. The molecule has 1 aromatic heterocycles. The molecule has 0 radical (unpaired) electrons. The van der Waals surface area contributed by atoms with Gasteiger partial charge < -0.3 is 14.4 Å². The van der Waals surface area contributed by atoms with E-state index in [1.54, 1.807) is 17.2 Å². The molecule has 26 heavy (non-hydrogen) atoms. The van der Waals surface area contributed by atoms with Crippen LogP contribution in [-0.4, -0.2) is 35.2 Å². The highest BCUT2D eigenvalue weighted by atomic mass is 35.5. The van der Waals surface area contributed by atoms with E-state index in [2.05, 4.69) is 4.98 Å². The smallest absolute Gasteiger partial charge is 0.410 e. The highest BCUT2D eigenvalue weighted by Crippen LogP contribution is 2.33. The van der Waals surface area contributed by atoms with Crippen LogP contribution in [0, 0.1) is 0 Å². The summed E-state index contributed by atoms with van der Waals surface area (Å²) in [5, 5.41) is 0.434. The zero-order chi connectivity index (χ0) is 18.4. The highest BCUT2D eigenvalue weighted by Gasteiger charge is 2.34. The van der Waals surface area contributed by atoms with Crippen molar-refractivity contribution < 1.29 is 14.3 Å². The molecule has 2 heterocycles. The lowest BCUT2D eigenvalue weighted by atomic mass is 9.94. The molecular weight excluding hydrogens is 352 g/mol. The molecule has 0 saturated carbocycles. The first kappa shape index (κ1) is 18.7. The maximum absolute atomic E-state index is 12.7. The van der Waals surface area contributed by atoms with E-state index in [-0.39, 0.29) is 24.8 Å². The van der Waals surface area contributed by atoms with Gasteiger partial charge in [-0.3, -0.25) is 0 Å². The maximum Gasteiger partial charge on any atom is 0.410 e. The van der Waals surface area contributed by atoms with Crippen LogP contribution in [0.15, 0.2) is 48.7 Å². The van der Waals surface area contributed by atoms with Crippen LogP contribution in [0.25, 0.3) is 0 Å². The normalized spacial score (nSPS) is 20.0. The van der Waals surface area contributed by atoms with Crippen LogP contribution in [0.3, 0.4) is 0 Å². The SMILES string of the molecule is CCO[C@H]1CCN(C(=O)OCc2ccccc2)[C@H](c2ccc(Cl)nc2)C1. The number of benzene rings is 1. The third kappa shape index (κ3) is 4.74. The van der Waals surface area contributed by atoms with Gasteiger partial charge in [-0.15, -0.1) is 0 Å². The van der Waals surface area contributed by atoms with Crippen molar-refractivity contribution in [1.82, 2.24) is 9.88 Å². The van der Waals surface area contributed by atoms with Crippen molar-refractivity contribution in [1.29, 1.82) is 0 Å². The molecule has 1 aliphatic heterocycles. The first-order valence-electron chi connectivity index (χ1n) is 8.87. The van der Waals surface area contributed by atoms with E-state index in [0.29, 0.717) is 18.3 Å². The second kappa shape index (κ2) is 9.01. The van der Waals surface area contributed by atoms with Crippen LogP contribution >= 0.6 is 11.6 Å². The predicted octanol–water partition coefficient (Wildman–Crippen LogP) is 4.61. The number of carbonyl (C=O) groups is 1. The van der Waals surface area contributed by atoms with E-state index >= 15 is 0 Å². The standard InChI is InChI=1S/C20H23ClN2O3/c1-2-25-17-10-11-23(18(12-17)16-8-9-19(21)22-13-16)20(24)26-14-15-6-4-3-5-7-15/h3-9,13,17-18H,2,10-12,14H2,1H3/t17-,18-/m0/s1.